The molecule has 1 N–H and O–H groups in total. The molecule has 0 aliphatic rings. The van der Waals surface area contributed by atoms with Gasteiger partial charge in [-0.25, -0.2) is 4.98 Å². The summed E-state index contributed by atoms with van der Waals surface area (Å²) in [6.07, 6.45) is 0. The molecule has 0 saturated heterocycles. The molecule has 2 aromatic rings. The van der Waals surface area contributed by atoms with Crippen molar-refractivity contribution in [3.63, 3.8) is 0 Å². The topological polar surface area (TPSA) is 42.4 Å². The van der Waals surface area contributed by atoms with Gasteiger partial charge in [0.1, 0.15) is 10.9 Å². The summed E-state index contributed by atoms with van der Waals surface area (Å²) >= 11 is 14.3. The van der Waals surface area contributed by atoms with E-state index in [2.05, 4.69) is 27.6 Å². The van der Waals surface area contributed by atoms with Crippen LogP contribution in [0, 0.1) is 3.57 Å². The lowest BCUT2D eigenvalue weighted by atomic mass is 10.1. The number of pyridine rings is 1. The van der Waals surface area contributed by atoms with Gasteiger partial charge in [-0.05, 0) is 34.7 Å². The van der Waals surface area contributed by atoms with E-state index in [1.54, 1.807) is 13.2 Å². The number of nitrogens with zero attached hydrogens (tertiary/aromatic N) is 1. The van der Waals surface area contributed by atoms with Gasteiger partial charge in [-0.1, -0.05) is 23.2 Å². The fourth-order valence-electron chi connectivity index (χ4n) is 1.53. The number of aromatic nitrogens is 1. The summed E-state index contributed by atoms with van der Waals surface area (Å²) < 4.78 is 6.15. The summed E-state index contributed by atoms with van der Waals surface area (Å²) in [5.41, 5.74) is 1.12. The molecule has 0 bridgehead atoms. The van der Waals surface area contributed by atoms with Gasteiger partial charge in [0.15, 0.2) is 0 Å². The Labute approximate surface area is 122 Å². The van der Waals surface area contributed by atoms with Gasteiger partial charge in [-0.2, -0.15) is 0 Å². The Bertz CT molecular complexity index is 584. The van der Waals surface area contributed by atoms with Crippen LogP contribution in [0.15, 0.2) is 12.1 Å². The molecule has 0 aliphatic carbocycles. The maximum atomic E-state index is 9.20. The highest BCUT2D eigenvalue weighted by molar-refractivity contribution is 14.1. The third kappa shape index (κ3) is 2.31. The molecule has 0 atom stereocenters. The third-order valence-electron chi connectivity index (χ3n) is 2.40. The molecule has 0 unspecified atom stereocenters. The van der Waals surface area contributed by atoms with Crippen molar-refractivity contribution in [2.45, 2.75) is 6.61 Å². The predicted octanol–water partition coefficient (Wildman–Crippen LogP) is 3.65. The number of benzene rings is 1. The van der Waals surface area contributed by atoms with Crippen LogP contribution in [0.4, 0.5) is 0 Å². The van der Waals surface area contributed by atoms with Crippen molar-refractivity contribution in [2.75, 3.05) is 7.11 Å². The molecule has 1 aromatic carbocycles. The standard InChI is InChI=1S/C11H8Cl2INO2/c1-17-9-2-5-8(3-7(9)14)15-11(13)6(4-16)10(5)12/h2-3,16H,4H2,1H3. The van der Waals surface area contributed by atoms with Crippen LogP contribution in [-0.2, 0) is 6.61 Å². The first-order valence-corrected chi connectivity index (χ1v) is 6.54. The van der Waals surface area contributed by atoms with E-state index in [1.165, 1.54) is 0 Å². The van der Waals surface area contributed by atoms with E-state index in [9.17, 15) is 5.11 Å². The van der Waals surface area contributed by atoms with Crippen molar-refractivity contribution in [2.24, 2.45) is 0 Å². The average molecular weight is 384 g/mol. The van der Waals surface area contributed by atoms with Gasteiger partial charge in [-0.15, -0.1) is 0 Å². The molecule has 0 fully saturated rings. The van der Waals surface area contributed by atoms with Crippen molar-refractivity contribution < 1.29 is 9.84 Å². The first-order valence-electron chi connectivity index (χ1n) is 4.70. The molecular formula is C11H8Cl2INO2. The molecule has 1 heterocycles. The molecule has 3 nitrogen and oxygen atoms in total. The maximum Gasteiger partial charge on any atom is 0.136 e. The molecular weight excluding hydrogens is 376 g/mol. The predicted molar refractivity (Wildman–Crippen MR) is 77.0 cm³/mol. The van der Waals surface area contributed by atoms with Gasteiger partial charge in [0.25, 0.3) is 0 Å². The molecule has 0 spiro atoms. The minimum Gasteiger partial charge on any atom is -0.496 e. The molecule has 0 aliphatic heterocycles. The van der Waals surface area contributed by atoms with Gasteiger partial charge in [-0.3, -0.25) is 0 Å². The van der Waals surface area contributed by atoms with Crippen molar-refractivity contribution >= 4 is 56.7 Å². The first-order chi connectivity index (χ1) is 8.08. The minimum absolute atomic E-state index is 0.228. The Balaban J connectivity index is 2.83. The molecule has 0 amide bonds. The number of ether oxygens (including phenoxy) is 1. The van der Waals surface area contributed by atoms with E-state index in [4.69, 9.17) is 27.9 Å². The minimum atomic E-state index is -0.241. The number of rotatable bonds is 2. The second-order valence-electron chi connectivity index (χ2n) is 3.36. The van der Waals surface area contributed by atoms with E-state index >= 15 is 0 Å². The van der Waals surface area contributed by atoms with E-state index in [1.807, 2.05) is 6.07 Å². The fourth-order valence-corrected chi connectivity index (χ4v) is 2.79. The molecule has 6 heteroatoms. The van der Waals surface area contributed by atoms with Crippen LogP contribution in [0.3, 0.4) is 0 Å². The molecule has 0 saturated carbocycles. The lowest BCUT2D eigenvalue weighted by Crippen LogP contribution is -1.95. The Hall–Kier alpha value is -0.300. The smallest absolute Gasteiger partial charge is 0.136 e. The zero-order chi connectivity index (χ0) is 12.6. The molecule has 90 valence electrons. The SMILES string of the molecule is COc1cc2c(Cl)c(CO)c(Cl)nc2cc1I. The second-order valence-corrected chi connectivity index (χ2v) is 5.26. The number of hydrogen-bond acceptors (Lipinski definition) is 3. The number of aliphatic hydroxyl groups is 1. The normalized spacial score (nSPS) is 10.9. The molecule has 1 aromatic heterocycles. The van der Waals surface area contributed by atoms with Gasteiger partial charge in [0.2, 0.25) is 0 Å². The van der Waals surface area contributed by atoms with Gasteiger partial charge < -0.3 is 9.84 Å². The monoisotopic (exact) mass is 383 g/mol. The van der Waals surface area contributed by atoms with Gasteiger partial charge in [0.05, 0.1) is 27.8 Å². The van der Waals surface area contributed by atoms with Crippen LogP contribution in [0.1, 0.15) is 5.56 Å². The van der Waals surface area contributed by atoms with Gasteiger partial charge in [0, 0.05) is 10.9 Å². The summed E-state index contributed by atoms with van der Waals surface area (Å²) in [4.78, 5) is 4.20. The summed E-state index contributed by atoms with van der Waals surface area (Å²) in [7, 11) is 1.59. The van der Waals surface area contributed by atoms with Crippen LogP contribution in [0.2, 0.25) is 10.2 Å². The van der Waals surface area contributed by atoms with Crippen molar-refractivity contribution in [3.05, 3.63) is 31.4 Å². The summed E-state index contributed by atoms with van der Waals surface area (Å²) in [6, 6.07) is 3.63. The quantitative estimate of drug-likeness (QED) is 0.635. The number of hydrogen-bond donors (Lipinski definition) is 1. The lowest BCUT2D eigenvalue weighted by molar-refractivity contribution is 0.282. The molecule has 0 radical (unpaired) electrons. The van der Waals surface area contributed by atoms with Crippen LogP contribution < -0.4 is 4.74 Å². The summed E-state index contributed by atoms with van der Waals surface area (Å²) in [5.74, 6) is 0.716. The number of halogens is 3. The van der Waals surface area contributed by atoms with Crippen LogP contribution in [0.25, 0.3) is 10.9 Å². The third-order valence-corrected chi connectivity index (χ3v) is 3.98. The summed E-state index contributed by atoms with van der Waals surface area (Å²) in [6.45, 7) is -0.241. The van der Waals surface area contributed by atoms with E-state index in [-0.39, 0.29) is 11.8 Å². The largest absolute Gasteiger partial charge is 0.496 e. The highest BCUT2D eigenvalue weighted by Gasteiger charge is 2.13. The number of fused-ring (bicyclic) bond motifs is 1. The molecule has 17 heavy (non-hydrogen) atoms. The zero-order valence-corrected chi connectivity index (χ0v) is 12.5. The lowest BCUT2D eigenvalue weighted by Gasteiger charge is -2.10. The van der Waals surface area contributed by atoms with Crippen molar-refractivity contribution in [3.8, 4) is 5.75 Å². The Morgan fingerprint density at radius 3 is 2.71 bits per heavy atom. The van der Waals surface area contributed by atoms with Gasteiger partial charge >= 0.3 is 0 Å². The van der Waals surface area contributed by atoms with E-state index in [0.29, 0.717) is 21.9 Å². The highest BCUT2D eigenvalue weighted by Crippen LogP contribution is 2.35. The van der Waals surface area contributed by atoms with E-state index in [0.717, 1.165) is 8.96 Å². The van der Waals surface area contributed by atoms with Crippen LogP contribution >= 0.6 is 45.8 Å². The Morgan fingerprint density at radius 1 is 1.41 bits per heavy atom. The van der Waals surface area contributed by atoms with Crippen LogP contribution in [-0.4, -0.2) is 17.2 Å². The fraction of sp³-hybridized carbons (Fsp3) is 0.182. The number of methoxy groups -OCH3 is 1. The van der Waals surface area contributed by atoms with Crippen molar-refractivity contribution in [1.82, 2.24) is 4.98 Å². The first kappa shape index (κ1) is 13.1. The second kappa shape index (κ2) is 5.14. The molecule has 2 rings (SSSR count). The summed E-state index contributed by atoms with van der Waals surface area (Å²) in [5, 5.41) is 10.6. The van der Waals surface area contributed by atoms with E-state index < -0.39 is 0 Å². The van der Waals surface area contributed by atoms with Crippen molar-refractivity contribution in [1.29, 1.82) is 0 Å². The Kier molecular flexibility index (Phi) is 3.97. The highest BCUT2D eigenvalue weighted by atomic mass is 127. The maximum absolute atomic E-state index is 9.20. The van der Waals surface area contributed by atoms with Crippen LogP contribution in [0.5, 0.6) is 5.75 Å². The number of aliphatic hydroxyl groups excluding tert-OH is 1. The average Bonchev–Trinajstić information content (AvgIpc) is 2.29. The Morgan fingerprint density at radius 2 is 2.12 bits per heavy atom. The zero-order valence-electron chi connectivity index (χ0n) is 8.80.